The summed E-state index contributed by atoms with van der Waals surface area (Å²) >= 11 is 5.30. The molecule has 0 nitrogen and oxygen atoms in total. The first kappa shape index (κ1) is 9.77. The summed E-state index contributed by atoms with van der Waals surface area (Å²) in [5.74, 6) is 0.816. The van der Waals surface area contributed by atoms with Crippen LogP contribution in [0, 0.1) is 0 Å². The molecule has 0 saturated carbocycles. The first-order valence-corrected chi connectivity index (χ1v) is 2.51. The zero-order chi connectivity index (χ0) is 4.12. The fraction of sp³-hybridized carbons (Fsp3) is 1.00. The van der Waals surface area contributed by atoms with E-state index < -0.39 is 0 Å². The van der Waals surface area contributed by atoms with E-state index in [1.54, 1.807) is 0 Å². The highest BCUT2D eigenvalue weighted by atomic mass is 35.5. The van der Waals surface area contributed by atoms with Crippen LogP contribution in [0.3, 0.4) is 0 Å². The Kier molecular flexibility index (Phi) is 14.9. The van der Waals surface area contributed by atoms with Gasteiger partial charge in [0.25, 0.3) is 0 Å². The van der Waals surface area contributed by atoms with Crippen molar-refractivity contribution in [1.29, 1.82) is 0 Å². The summed E-state index contributed by atoms with van der Waals surface area (Å²) < 4.78 is 0. The van der Waals surface area contributed by atoms with Crippen molar-refractivity contribution in [2.75, 3.05) is 5.88 Å². The van der Waals surface area contributed by atoms with Gasteiger partial charge in [0.05, 0.1) is 0 Å². The lowest BCUT2D eigenvalue weighted by Crippen LogP contribution is -1.65. The minimum Gasteiger partial charge on any atom is -0.147 e. The molecular weight excluding hydrogens is 119 g/mol. The molecule has 0 fully saturated rings. The fourth-order valence-electron chi connectivity index (χ4n) is 0.134. The lowest BCUT2D eigenvalue weighted by Gasteiger charge is -1.77. The molecule has 0 aliphatic carbocycles. The van der Waals surface area contributed by atoms with Crippen LogP contribution in [0.15, 0.2) is 0 Å². The molecule has 0 aromatic carbocycles. The van der Waals surface area contributed by atoms with Crippen molar-refractivity contribution in [3.05, 3.63) is 0 Å². The number of unbranched alkanes of at least 4 members (excludes halogenated alkanes) is 1. The summed E-state index contributed by atoms with van der Waals surface area (Å²) in [5, 5.41) is 0. The van der Waals surface area contributed by atoms with Crippen LogP contribution in [0.1, 0.15) is 21.2 Å². The van der Waals surface area contributed by atoms with Crippen LogP contribution in [-0.2, 0) is 0 Å². The van der Waals surface area contributed by atoms with Gasteiger partial charge in [-0.25, -0.2) is 0 Å². The van der Waals surface area contributed by atoms with Crippen LogP contribution < -0.4 is 0 Å². The van der Waals surface area contributed by atoms with Gasteiger partial charge in [-0.3, -0.25) is 0 Å². The van der Waals surface area contributed by atoms with Gasteiger partial charge in [-0.05, 0) is 6.42 Å². The Hall–Kier alpha value is 0.580. The minimum atomic E-state index is 0. The summed E-state index contributed by atoms with van der Waals surface area (Å²) in [6.07, 6.45) is 2.37. The average molecular weight is 130 g/mol. The molecule has 0 aromatic rings. The zero-order valence-corrected chi connectivity index (χ0v) is 5.48. The second-order valence-electron chi connectivity index (χ2n) is 1.04. The maximum absolute atomic E-state index is 5.30. The Labute approximate surface area is 51.8 Å². The van der Waals surface area contributed by atoms with Crippen LogP contribution in [0.4, 0.5) is 0 Å². The second-order valence-corrected chi connectivity index (χ2v) is 1.42. The smallest absolute Gasteiger partial charge is 0.147 e. The van der Waals surface area contributed by atoms with Crippen molar-refractivity contribution in [3.63, 3.8) is 0 Å². The van der Waals surface area contributed by atoms with Crippen molar-refractivity contribution >= 4 is 24.0 Å². The molecule has 0 spiro atoms. The number of hydrogen-bond acceptors (Lipinski definition) is 0. The van der Waals surface area contributed by atoms with E-state index in [1.165, 1.54) is 6.42 Å². The molecule has 0 atom stereocenters. The van der Waals surface area contributed by atoms with Gasteiger partial charge in [0.2, 0.25) is 0 Å². The van der Waals surface area contributed by atoms with Gasteiger partial charge in [-0.15, -0.1) is 24.0 Å². The molecule has 0 heterocycles. The van der Waals surface area contributed by atoms with Crippen LogP contribution in [0.25, 0.3) is 0 Å². The molecule has 0 saturated heterocycles. The highest BCUT2D eigenvalue weighted by Gasteiger charge is 1.70. The maximum atomic E-state index is 5.30. The molecule has 0 amide bonds. The molecule has 0 radical (unpaired) electrons. The second kappa shape index (κ2) is 9.13. The normalized spacial score (nSPS) is 7.00. The molecule has 40 valence electrons. The van der Waals surface area contributed by atoms with Gasteiger partial charge in [-0.2, -0.15) is 0 Å². The minimum absolute atomic E-state index is 0. The molecule has 0 aliphatic rings. The van der Waals surface area contributed by atoms with E-state index in [1.807, 2.05) is 0 Å². The SMILES string of the molecule is CCCCCl.Cl.[H+]. The van der Waals surface area contributed by atoms with E-state index in [9.17, 15) is 0 Å². The monoisotopic (exact) mass is 129 g/mol. The molecule has 0 unspecified atom stereocenters. The van der Waals surface area contributed by atoms with Crippen LogP contribution in [-0.4, -0.2) is 5.88 Å². The van der Waals surface area contributed by atoms with Crippen molar-refractivity contribution in [1.82, 2.24) is 0 Å². The standard InChI is InChI=1S/C4H9Cl.ClH/c1-2-3-4-5;/h2-4H2,1H3;1H/p+1. The third-order valence-electron chi connectivity index (χ3n) is 0.487. The predicted octanol–water partition coefficient (Wildman–Crippen LogP) is 2.56. The highest BCUT2D eigenvalue weighted by Crippen LogP contribution is 1.86. The third-order valence-corrected chi connectivity index (χ3v) is 0.754. The summed E-state index contributed by atoms with van der Waals surface area (Å²) in [4.78, 5) is 0. The largest absolute Gasteiger partial charge is 1.00 e. The van der Waals surface area contributed by atoms with Gasteiger partial charge in [0, 0.05) is 5.88 Å². The summed E-state index contributed by atoms with van der Waals surface area (Å²) in [6, 6.07) is 0. The van der Waals surface area contributed by atoms with Crippen LogP contribution in [0.5, 0.6) is 0 Å². The van der Waals surface area contributed by atoms with Crippen molar-refractivity contribution < 1.29 is 1.43 Å². The summed E-state index contributed by atoms with van der Waals surface area (Å²) in [6.45, 7) is 2.13. The van der Waals surface area contributed by atoms with Crippen molar-refractivity contribution in [2.24, 2.45) is 0 Å². The van der Waals surface area contributed by atoms with Gasteiger partial charge in [0.15, 0.2) is 0 Å². The Balaban J connectivity index is -0.0000000800. The van der Waals surface area contributed by atoms with E-state index >= 15 is 0 Å². The predicted molar refractivity (Wildman–Crippen MR) is 34.0 cm³/mol. The van der Waals surface area contributed by atoms with E-state index in [0.717, 1.165) is 12.3 Å². The average Bonchev–Trinajstić information content (AvgIpc) is 1.41. The summed E-state index contributed by atoms with van der Waals surface area (Å²) in [5.41, 5.74) is 0. The molecule has 6 heavy (non-hydrogen) atoms. The van der Waals surface area contributed by atoms with E-state index in [2.05, 4.69) is 6.92 Å². The molecule has 2 heteroatoms. The zero-order valence-electron chi connectivity index (χ0n) is 4.91. The molecule has 0 rings (SSSR count). The van der Waals surface area contributed by atoms with Gasteiger partial charge < -0.3 is 0 Å². The Morgan fingerprint density at radius 3 is 2.17 bits per heavy atom. The third kappa shape index (κ3) is 8.82. The molecule has 0 aromatic heterocycles. The van der Waals surface area contributed by atoms with Crippen molar-refractivity contribution in [2.45, 2.75) is 19.8 Å². The van der Waals surface area contributed by atoms with E-state index in [0.29, 0.717) is 0 Å². The first-order valence-electron chi connectivity index (χ1n) is 1.97. The van der Waals surface area contributed by atoms with Gasteiger partial charge in [0.1, 0.15) is 0 Å². The number of hydrogen-bond donors (Lipinski definition) is 0. The Bertz CT molecular complexity index is 17.2. The lowest BCUT2D eigenvalue weighted by molar-refractivity contribution is 0.892. The quantitative estimate of drug-likeness (QED) is 0.504. The van der Waals surface area contributed by atoms with Crippen LogP contribution in [0.2, 0.25) is 0 Å². The first-order chi connectivity index (χ1) is 2.41. The molecule has 0 aliphatic heterocycles. The van der Waals surface area contributed by atoms with Crippen molar-refractivity contribution in [3.8, 4) is 0 Å². The Morgan fingerprint density at radius 1 is 1.67 bits per heavy atom. The lowest BCUT2D eigenvalue weighted by atomic mass is 10.4. The Morgan fingerprint density at radius 2 is 2.17 bits per heavy atom. The highest BCUT2D eigenvalue weighted by molar-refractivity contribution is 6.17. The van der Waals surface area contributed by atoms with Crippen LogP contribution >= 0.6 is 24.0 Å². The molecular formula is C4H11Cl2+. The van der Waals surface area contributed by atoms with Gasteiger partial charge >= 0.3 is 1.43 Å². The number of alkyl halides is 1. The molecule has 0 N–H and O–H groups in total. The molecule has 0 bridgehead atoms. The maximum Gasteiger partial charge on any atom is 1.00 e. The van der Waals surface area contributed by atoms with E-state index in [-0.39, 0.29) is 13.8 Å². The van der Waals surface area contributed by atoms with Gasteiger partial charge in [-0.1, -0.05) is 13.3 Å². The summed E-state index contributed by atoms with van der Waals surface area (Å²) in [7, 11) is 0. The fourth-order valence-corrected chi connectivity index (χ4v) is 0.401. The van der Waals surface area contributed by atoms with E-state index in [4.69, 9.17) is 11.6 Å². The number of halogens is 2. The number of rotatable bonds is 2. The topological polar surface area (TPSA) is 0 Å².